The topological polar surface area (TPSA) is 66.5 Å². The Bertz CT molecular complexity index is 1230. The zero-order valence-corrected chi connectivity index (χ0v) is 17.9. The maximum atomic E-state index is 13.1. The van der Waals surface area contributed by atoms with Crippen LogP contribution in [0.4, 0.5) is 18.9 Å². The first-order chi connectivity index (χ1) is 14.4. The summed E-state index contributed by atoms with van der Waals surface area (Å²) < 4.78 is 64.4. The van der Waals surface area contributed by atoms with Crippen LogP contribution in [0.15, 0.2) is 60.7 Å². The van der Waals surface area contributed by atoms with Crippen molar-refractivity contribution in [1.82, 2.24) is 5.32 Å². The highest BCUT2D eigenvalue weighted by Crippen LogP contribution is 2.37. The molecule has 0 aliphatic rings. The second kappa shape index (κ2) is 8.76. The van der Waals surface area contributed by atoms with E-state index in [9.17, 15) is 26.4 Å². The number of nitrogens with zero attached hydrogens (tertiary/aromatic N) is 1. The van der Waals surface area contributed by atoms with Crippen molar-refractivity contribution < 1.29 is 26.4 Å². The minimum Gasteiger partial charge on any atom is -0.350 e. The molecule has 0 heterocycles. The minimum absolute atomic E-state index is 0.135. The van der Waals surface area contributed by atoms with Crippen LogP contribution in [0, 0.1) is 0 Å². The maximum absolute atomic E-state index is 13.1. The Morgan fingerprint density at radius 1 is 1.03 bits per heavy atom. The molecule has 0 fully saturated rings. The van der Waals surface area contributed by atoms with Gasteiger partial charge in [0.1, 0.15) is 6.54 Å². The van der Waals surface area contributed by atoms with Gasteiger partial charge in [-0.1, -0.05) is 48.0 Å². The molecule has 1 N–H and O–H groups in total. The van der Waals surface area contributed by atoms with E-state index in [1.807, 2.05) is 42.5 Å². The molecule has 31 heavy (non-hydrogen) atoms. The number of alkyl halides is 3. The minimum atomic E-state index is -4.77. The number of halogens is 4. The summed E-state index contributed by atoms with van der Waals surface area (Å²) >= 11 is 5.60. The third-order valence-electron chi connectivity index (χ3n) is 4.53. The number of sulfonamides is 1. The van der Waals surface area contributed by atoms with Crippen LogP contribution in [0.1, 0.15) is 11.1 Å². The first-order valence-electron chi connectivity index (χ1n) is 9.04. The Labute approximate surface area is 182 Å². The molecule has 0 bridgehead atoms. The van der Waals surface area contributed by atoms with E-state index in [1.54, 1.807) is 0 Å². The lowest BCUT2D eigenvalue weighted by Gasteiger charge is -2.23. The first kappa shape index (κ1) is 22.9. The average molecular weight is 471 g/mol. The molecule has 0 saturated heterocycles. The molecule has 0 radical (unpaired) electrons. The van der Waals surface area contributed by atoms with Crippen LogP contribution < -0.4 is 9.62 Å². The van der Waals surface area contributed by atoms with Gasteiger partial charge in [-0.2, -0.15) is 13.2 Å². The highest BCUT2D eigenvalue weighted by molar-refractivity contribution is 7.92. The summed E-state index contributed by atoms with van der Waals surface area (Å²) in [5.41, 5.74) is -0.694. The van der Waals surface area contributed by atoms with E-state index in [-0.39, 0.29) is 12.2 Å². The van der Waals surface area contributed by atoms with E-state index < -0.39 is 39.2 Å². The van der Waals surface area contributed by atoms with E-state index in [4.69, 9.17) is 11.6 Å². The summed E-state index contributed by atoms with van der Waals surface area (Å²) in [6.45, 7) is -0.541. The van der Waals surface area contributed by atoms with Gasteiger partial charge in [0, 0.05) is 6.54 Å². The van der Waals surface area contributed by atoms with Crippen LogP contribution in [0.25, 0.3) is 10.8 Å². The van der Waals surface area contributed by atoms with Crippen LogP contribution >= 0.6 is 11.6 Å². The van der Waals surface area contributed by atoms with Gasteiger partial charge in [0.25, 0.3) is 0 Å². The van der Waals surface area contributed by atoms with Crippen molar-refractivity contribution in [3.05, 3.63) is 76.8 Å². The van der Waals surface area contributed by atoms with Crippen LogP contribution in [0.5, 0.6) is 0 Å². The number of carbonyl (C=O) groups excluding carboxylic acids is 1. The van der Waals surface area contributed by atoms with Gasteiger partial charge in [-0.3, -0.25) is 9.10 Å². The van der Waals surface area contributed by atoms with Crippen LogP contribution in [-0.4, -0.2) is 27.1 Å². The van der Waals surface area contributed by atoms with E-state index in [0.717, 1.165) is 34.7 Å². The fourth-order valence-electron chi connectivity index (χ4n) is 3.02. The number of hydrogen-bond donors (Lipinski definition) is 1. The van der Waals surface area contributed by atoms with Gasteiger partial charge < -0.3 is 5.32 Å². The standard InChI is InChI=1S/C21H18ClF3N2O3S/c1-31(29,30)27(17-8-9-19(22)18(11-17)21(23,24)25)13-20(28)26-12-14-6-7-15-4-2-3-5-16(15)10-14/h2-11H,12-13H2,1H3,(H,26,28). The summed E-state index contributed by atoms with van der Waals surface area (Å²) in [6.07, 6.45) is -3.96. The molecule has 3 rings (SSSR count). The van der Waals surface area contributed by atoms with Crippen molar-refractivity contribution in [3.63, 3.8) is 0 Å². The molecule has 10 heteroatoms. The number of hydrogen-bond acceptors (Lipinski definition) is 3. The summed E-state index contributed by atoms with van der Waals surface area (Å²) in [4.78, 5) is 12.4. The molecule has 0 atom stereocenters. The molecule has 0 aliphatic carbocycles. The highest BCUT2D eigenvalue weighted by atomic mass is 35.5. The molecule has 0 saturated carbocycles. The quantitative estimate of drug-likeness (QED) is 0.573. The molecule has 5 nitrogen and oxygen atoms in total. The maximum Gasteiger partial charge on any atom is 0.417 e. The highest BCUT2D eigenvalue weighted by Gasteiger charge is 2.34. The van der Waals surface area contributed by atoms with Crippen molar-refractivity contribution in [3.8, 4) is 0 Å². The SMILES string of the molecule is CS(=O)(=O)N(CC(=O)NCc1ccc2ccccc2c1)c1ccc(Cl)c(C(F)(F)F)c1. The lowest BCUT2D eigenvalue weighted by atomic mass is 10.1. The molecular weight excluding hydrogens is 453 g/mol. The van der Waals surface area contributed by atoms with Gasteiger partial charge in [-0.25, -0.2) is 8.42 Å². The summed E-state index contributed by atoms with van der Waals surface area (Å²) in [6, 6.07) is 15.9. The predicted octanol–water partition coefficient (Wildman–Crippen LogP) is 4.59. The van der Waals surface area contributed by atoms with Crippen LogP contribution in [0.2, 0.25) is 5.02 Å². The Kier molecular flexibility index (Phi) is 6.47. The number of benzene rings is 3. The number of nitrogens with one attached hydrogen (secondary N) is 1. The van der Waals surface area contributed by atoms with Gasteiger partial charge in [0.2, 0.25) is 15.9 Å². The van der Waals surface area contributed by atoms with Crippen LogP contribution in [0.3, 0.4) is 0 Å². The molecular formula is C21H18ClF3N2O3S. The van der Waals surface area contributed by atoms with E-state index >= 15 is 0 Å². The molecule has 1 amide bonds. The normalized spacial score (nSPS) is 12.0. The average Bonchev–Trinajstić information content (AvgIpc) is 2.69. The van der Waals surface area contributed by atoms with Crippen molar-refractivity contribution in [2.24, 2.45) is 0 Å². The summed E-state index contributed by atoms with van der Waals surface area (Å²) in [5, 5.41) is 4.05. The van der Waals surface area contributed by atoms with E-state index in [1.165, 1.54) is 0 Å². The Morgan fingerprint density at radius 3 is 2.35 bits per heavy atom. The van der Waals surface area contributed by atoms with Gasteiger partial charge >= 0.3 is 6.18 Å². The summed E-state index contributed by atoms with van der Waals surface area (Å²) in [7, 11) is -4.04. The summed E-state index contributed by atoms with van der Waals surface area (Å²) in [5.74, 6) is -0.665. The lowest BCUT2D eigenvalue weighted by molar-refractivity contribution is -0.137. The molecule has 164 valence electrons. The number of carbonyl (C=O) groups is 1. The smallest absolute Gasteiger partial charge is 0.350 e. The fraction of sp³-hybridized carbons (Fsp3) is 0.190. The van der Waals surface area contributed by atoms with Crippen molar-refractivity contribution in [2.75, 3.05) is 17.1 Å². The third kappa shape index (κ3) is 5.68. The number of anilines is 1. The molecule has 0 unspecified atom stereocenters. The van der Waals surface area contributed by atoms with E-state index in [2.05, 4.69) is 5.32 Å². The number of fused-ring (bicyclic) bond motifs is 1. The van der Waals surface area contributed by atoms with Gasteiger partial charge in [0.15, 0.2) is 0 Å². The van der Waals surface area contributed by atoms with Gasteiger partial charge in [-0.15, -0.1) is 0 Å². The monoisotopic (exact) mass is 470 g/mol. The first-order valence-corrected chi connectivity index (χ1v) is 11.3. The number of rotatable bonds is 6. The fourth-order valence-corrected chi connectivity index (χ4v) is 4.09. The molecule has 0 aliphatic heterocycles. The van der Waals surface area contributed by atoms with Crippen molar-refractivity contribution >= 4 is 44.0 Å². The van der Waals surface area contributed by atoms with Crippen molar-refractivity contribution in [2.45, 2.75) is 12.7 Å². The predicted molar refractivity (Wildman–Crippen MR) is 114 cm³/mol. The Hall–Kier alpha value is -2.78. The third-order valence-corrected chi connectivity index (χ3v) is 6.00. The molecule has 0 aromatic heterocycles. The lowest BCUT2D eigenvalue weighted by Crippen LogP contribution is -2.40. The largest absolute Gasteiger partial charge is 0.417 e. The second-order valence-electron chi connectivity index (χ2n) is 6.89. The Morgan fingerprint density at radius 2 is 1.71 bits per heavy atom. The zero-order chi connectivity index (χ0) is 22.8. The van der Waals surface area contributed by atoms with E-state index in [0.29, 0.717) is 10.4 Å². The van der Waals surface area contributed by atoms with Crippen molar-refractivity contribution in [1.29, 1.82) is 0 Å². The molecule has 3 aromatic rings. The Balaban J connectivity index is 1.77. The molecule has 3 aromatic carbocycles. The van der Waals surface area contributed by atoms with Crippen LogP contribution in [-0.2, 0) is 27.5 Å². The van der Waals surface area contributed by atoms with Gasteiger partial charge in [-0.05, 0) is 40.6 Å². The molecule has 0 spiro atoms. The number of amides is 1. The second-order valence-corrected chi connectivity index (χ2v) is 9.20. The van der Waals surface area contributed by atoms with Gasteiger partial charge in [0.05, 0.1) is 22.5 Å². The zero-order valence-electron chi connectivity index (χ0n) is 16.3.